The van der Waals surface area contributed by atoms with E-state index in [2.05, 4.69) is 0 Å². The fraction of sp³-hybridized carbons (Fsp3) is 0.455. The average Bonchev–Trinajstić information content (AvgIpc) is 2.32. The van der Waals surface area contributed by atoms with E-state index >= 15 is 0 Å². The van der Waals surface area contributed by atoms with Crippen LogP contribution in [0.25, 0.3) is 0 Å². The number of hydrogen-bond donors (Lipinski definition) is 0. The Balaban J connectivity index is 1.95. The SMILES string of the molecule is COc1cccc(CC2COS(=O)OC2)c1. The largest absolute Gasteiger partial charge is 0.497 e. The van der Waals surface area contributed by atoms with Gasteiger partial charge in [0, 0.05) is 5.92 Å². The van der Waals surface area contributed by atoms with Crippen molar-refractivity contribution in [2.24, 2.45) is 5.92 Å². The zero-order chi connectivity index (χ0) is 11.4. The molecule has 4 nitrogen and oxygen atoms in total. The van der Waals surface area contributed by atoms with Gasteiger partial charge in [0.2, 0.25) is 0 Å². The maximum atomic E-state index is 10.8. The molecule has 0 saturated carbocycles. The van der Waals surface area contributed by atoms with Crippen molar-refractivity contribution < 1.29 is 17.3 Å². The standard InChI is InChI=1S/C11H14O4S/c1-13-11-4-2-3-9(6-11)5-10-7-14-16(12)15-8-10/h2-4,6,10H,5,7-8H2,1H3. The maximum Gasteiger partial charge on any atom is 0.304 e. The molecule has 0 aliphatic carbocycles. The zero-order valence-corrected chi connectivity index (χ0v) is 9.87. The molecule has 1 saturated heterocycles. The molecule has 1 aromatic carbocycles. The van der Waals surface area contributed by atoms with Crippen molar-refractivity contribution in [2.75, 3.05) is 20.3 Å². The van der Waals surface area contributed by atoms with Crippen LogP contribution in [0, 0.1) is 5.92 Å². The Morgan fingerprint density at radius 3 is 2.88 bits per heavy atom. The fourth-order valence-corrected chi connectivity index (χ4v) is 2.31. The van der Waals surface area contributed by atoms with E-state index in [0.717, 1.165) is 12.2 Å². The van der Waals surface area contributed by atoms with Gasteiger partial charge in [-0.3, -0.25) is 8.37 Å². The molecular formula is C11H14O4S. The third-order valence-corrected chi connectivity index (χ3v) is 3.12. The third-order valence-electron chi connectivity index (χ3n) is 2.46. The first kappa shape index (κ1) is 11.6. The monoisotopic (exact) mass is 242 g/mol. The topological polar surface area (TPSA) is 44.8 Å². The smallest absolute Gasteiger partial charge is 0.304 e. The van der Waals surface area contributed by atoms with Crippen LogP contribution in [0.2, 0.25) is 0 Å². The molecule has 0 aromatic heterocycles. The normalized spacial score (nSPS) is 25.3. The third kappa shape index (κ3) is 3.04. The second-order valence-electron chi connectivity index (χ2n) is 3.69. The average molecular weight is 242 g/mol. The summed E-state index contributed by atoms with van der Waals surface area (Å²) in [6.07, 6.45) is 0.842. The lowest BCUT2D eigenvalue weighted by atomic mass is 10.0. The van der Waals surface area contributed by atoms with Gasteiger partial charge in [0.15, 0.2) is 0 Å². The number of rotatable bonds is 3. The fourth-order valence-electron chi connectivity index (χ4n) is 1.64. The van der Waals surface area contributed by atoms with Gasteiger partial charge in [-0.2, -0.15) is 4.21 Å². The van der Waals surface area contributed by atoms with Gasteiger partial charge in [-0.1, -0.05) is 12.1 Å². The molecule has 0 spiro atoms. The molecule has 2 rings (SSSR count). The number of methoxy groups -OCH3 is 1. The molecule has 5 heteroatoms. The van der Waals surface area contributed by atoms with E-state index in [1.165, 1.54) is 5.56 Å². The quantitative estimate of drug-likeness (QED) is 0.805. The maximum absolute atomic E-state index is 10.8. The van der Waals surface area contributed by atoms with E-state index in [4.69, 9.17) is 13.1 Å². The minimum atomic E-state index is -1.55. The van der Waals surface area contributed by atoms with Crippen molar-refractivity contribution in [3.63, 3.8) is 0 Å². The highest BCUT2D eigenvalue weighted by atomic mass is 32.2. The summed E-state index contributed by atoms with van der Waals surface area (Å²) >= 11 is -1.55. The van der Waals surface area contributed by atoms with Crippen molar-refractivity contribution in [2.45, 2.75) is 6.42 Å². The summed E-state index contributed by atoms with van der Waals surface area (Å²) < 4.78 is 25.8. The van der Waals surface area contributed by atoms with E-state index in [-0.39, 0.29) is 5.92 Å². The van der Waals surface area contributed by atoms with Crippen LogP contribution in [0.5, 0.6) is 5.75 Å². The first-order valence-corrected chi connectivity index (χ1v) is 6.09. The number of hydrogen-bond acceptors (Lipinski definition) is 4. The first-order valence-electron chi connectivity index (χ1n) is 5.09. The molecule has 0 atom stereocenters. The first-order chi connectivity index (χ1) is 7.78. The Hall–Kier alpha value is -0.910. The van der Waals surface area contributed by atoms with E-state index in [1.807, 2.05) is 24.3 Å². The molecule has 0 radical (unpaired) electrons. The Morgan fingerprint density at radius 2 is 2.19 bits per heavy atom. The summed E-state index contributed by atoms with van der Waals surface area (Å²) in [5, 5.41) is 0. The summed E-state index contributed by atoms with van der Waals surface area (Å²) in [6, 6.07) is 7.89. The predicted octanol–water partition coefficient (Wildman–Crippen LogP) is 1.48. The van der Waals surface area contributed by atoms with E-state index in [9.17, 15) is 4.21 Å². The molecule has 1 fully saturated rings. The van der Waals surface area contributed by atoms with E-state index < -0.39 is 11.4 Å². The number of benzene rings is 1. The van der Waals surface area contributed by atoms with Gasteiger partial charge in [0.1, 0.15) is 5.75 Å². The summed E-state index contributed by atoms with van der Waals surface area (Å²) in [5.41, 5.74) is 1.17. The Labute approximate surface area is 97.4 Å². The molecule has 0 bridgehead atoms. The summed E-state index contributed by atoms with van der Waals surface area (Å²) in [5.74, 6) is 1.10. The second kappa shape index (κ2) is 5.43. The Kier molecular flexibility index (Phi) is 3.93. The van der Waals surface area contributed by atoms with Gasteiger partial charge < -0.3 is 4.74 Å². The summed E-state index contributed by atoms with van der Waals surface area (Å²) in [6.45, 7) is 0.952. The van der Waals surface area contributed by atoms with Crippen molar-refractivity contribution in [1.82, 2.24) is 0 Å². The lowest BCUT2D eigenvalue weighted by Gasteiger charge is -2.20. The van der Waals surface area contributed by atoms with Crippen LogP contribution in [0.3, 0.4) is 0 Å². The van der Waals surface area contributed by atoms with Gasteiger partial charge in [-0.05, 0) is 24.1 Å². The van der Waals surface area contributed by atoms with Crippen LogP contribution in [-0.4, -0.2) is 24.5 Å². The molecule has 1 aromatic rings. The highest BCUT2D eigenvalue weighted by Crippen LogP contribution is 2.18. The summed E-state index contributed by atoms with van der Waals surface area (Å²) in [4.78, 5) is 0. The van der Waals surface area contributed by atoms with Gasteiger partial charge in [0.05, 0.1) is 20.3 Å². The molecule has 0 unspecified atom stereocenters. The number of ether oxygens (including phenoxy) is 1. The van der Waals surface area contributed by atoms with Crippen LogP contribution >= 0.6 is 0 Å². The van der Waals surface area contributed by atoms with Gasteiger partial charge >= 0.3 is 11.4 Å². The zero-order valence-electron chi connectivity index (χ0n) is 9.05. The molecule has 1 aliphatic rings. The van der Waals surface area contributed by atoms with E-state index in [1.54, 1.807) is 7.11 Å². The molecular weight excluding hydrogens is 228 g/mol. The minimum absolute atomic E-state index is 0.254. The van der Waals surface area contributed by atoms with E-state index in [0.29, 0.717) is 13.2 Å². The Bertz CT molecular complexity index is 370. The Morgan fingerprint density at radius 1 is 1.44 bits per heavy atom. The van der Waals surface area contributed by atoms with Crippen LogP contribution in [0.4, 0.5) is 0 Å². The molecule has 1 aliphatic heterocycles. The van der Waals surface area contributed by atoms with Gasteiger partial charge in [-0.15, -0.1) is 0 Å². The van der Waals surface area contributed by atoms with Crippen LogP contribution in [-0.2, 0) is 26.1 Å². The molecule has 0 amide bonds. The predicted molar refractivity (Wildman–Crippen MR) is 60.2 cm³/mol. The van der Waals surface area contributed by atoms with Crippen molar-refractivity contribution in [3.8, 4) is 5.75 Å². The van der Waals surface area contributed by atoms with Crippen LogP contribution in [0.15, 0.2) is 24.3 Å². The van der Waals surface area contributed by atoms with Crippen molar-refractivity contribution >= 4 is 11.4 Å². The minimum Gasteiger partial charge on any atom is -0.497 e. The molecule has 88 valence electrons. The lowest BCUT2D eigenvalue weighted by molar-refractivity contribution is 0.124. The van der Waals surface area contributed by atoms with Gasteiger partial charge in [0.25, 0.3) is 0 Å². The van der Waals surface area contributed by atoms with Crippen molar-refractivity contribution in [3.05, 3.63) is 29.8 Å². The second-order valence-corrected chi connectivity index (χ2v) is 4.57. The lowest BCUT2D eigenvalue weighted by Crippen LogP contribution is -2.26. The highest BCUT2D eigenvalue weighted by Gasteiger charge is 2.19. The van der Waals surface area contributed by atoms with Crippen molar-refractivity contribution in [1.29, 1.82) is 0 Å². The van der Waals surface area contributed by atoms with Crippen LogP contribution < -0.4 is 4.74 Å². The summed E-state index contributed by atoms with van der Waals surface area (Å²) in [7, 11) is 1.65. The highest BCUT2D eigenvalue weighted by molar-refractivity contribution is 7.75. The molecule has 0 N–H and O–H groups in total. The molecule has 16 heavy (non-hydrogen) atoms. The molecule has 1 heterocycles. The van der Waals surface area contributed by atoms with Crippen LogP contribution in [0.1, 0.15) is 5.56 Å². The van der Waals surface area contributed by atoms with Gasteiger partial charge in [-0.25, -0.2) is 0 Å².